The molecular formula is C29H46O6. The molecule has 0 heterocycles. The van der Waals surface area contributed by atoms with Crippen LogP contribution in [0.25, 0.3) is 0 Å². The molecule has 4 saturated carbocycles. The van der Waals surface area contributed by atoms with Crippen LogP contribution in [0.15, 0.2) is 0 Å². The average molecular weight is 491 g/mol. The normalized spacial score (nSPS) is 43.2. The number of rotatable bonds is 6. The van der Waals surface area contributed by atoms with Gasteiger partial charge in [0.25, 0.3) is 0 Å². The van der Waals surface area contributed by atoms with E-state index >= 15 is 0 Å². The second-order valence-electron chi connectivity index (χ2n) is 12.6. The molecular weight excluding hydrogens is 444 g/mol. The molecule has 0 unspecified atom stereocenters. The zero-order valence-electron chi connectivity index (χ0n) is 22.6. The summed E-state index contributed by atoms with van der Waals surface area (Å²) < 4.78 is 16.7. The fourth-order valence-electron chi connectivity index (χ4n) is 9.48. The molecule has 0 N–H and O–H groups in total. The fraction of sp³-hybridized carbons (Fsp3) is 0.897. The predicted molar refractivity (Wildman–Crippen MR) is 132 cm³/mol. The third kappa shape index (κ3) is 4.75. The van der Waals surface area contributed by atoms with Gasteiger partial charge in [-0.15, -0.1) is 0 Å². The molecule has 4 fully saturated rings. The number of esters is 3. The quantitative estimate of drug-likeness (QED) is 0.351. The highest BCUT2D eigenvalue weighted by Gasteiger charge is 2.65. The van der Waals surface area contributed by atoms with Gasteiger partial charge >= 0.3 is 17.9 Å². The fourth-order valence-corrected chi connectivity index (χ4v) is 9.48. The largest absolute Gasteiger partial charge is 0.469 e. The zero-order valence-corrected chi connectivity index (χ0v) is 22.6. The minimum Gasteiger partial charge on any atom is -0.469 e. The van der Waals surface area contributed by atoms with Crippen molar-refractivity contribution in [2.24, 2.45) is 46.3 Å². The molecule has 0 bridgehead atoms. The topological polar surface area (TPSA) is 78.9 Å². The van der Waals surface area contributed by atoms with Crippen molar-refractivity contribution in [3.63, 3.8) is 0 Å². The van der Waals surface area contributed by atoms with E-state index in [0.717, 1.165) is 38.5 Å². The molecule has 35 heavy (non-hydrogen) atoms. The lowest BCUT2D eigenvalue weighted by atomic mass is 9.43. The summed E-state index contributed by atoms with van der Waals surface area (Å²) in [6.07, 6.45) is 9.87. The summed E-state index contributed by atoms with van der Waals surface area (Å²) in [6.45, 7) is 10.2. The minimum absolute atomic E-state index is 0.0479. The van der Waals surface area contributed by atoms with E-state index in [0.29, 0.717) is 41.9 Å². The maximum Gasteiger partial charge on any atom is 0.305 e. The zero-order chi connectivity index (χ0) is 25.5. The lowest BCUT2D eigenvalue weighted by Gasteiger charge is -2.62. The molecule has 4 rings (SSSR count). The van der Waals surface area contributed by atoms with E-state index in [2.05, 4.69) is 20.8 Å². The van der Waals surface area contributed by atoms with Crippen LogP contribution in [0.5, 0.6) is 0 Å². The van der Waals surface area contributed by atoms with Crippen LogP contribution >= 0.6 is 0 Å². The SMILES string of the molecule is COC(=O)CC[C@H](C)[C@H]1CC[C@@H]2[C@@H]3CC[C@@H]4C[C@H](OC(C)=O)CC[C@]4(C)[C@H]3C[C@H](OC(C)=O)[C@@]21C. The average Bonchev–Trinajstić information content (AvgIpc) is 3.16. The summed E-state index contributed by atoms with van der Waals surface area (Å²) in [6, 6.07) is 0. The molecule has 0 aliphatic heterocycles. The van der Waals surface area contributed by atoms with Gasteiger partial charge in [0.05, 0.1) is 7.11 Å². The molecule has 4 aliphatic rings. The van der Waals surface area contributed by atoms with Crippen LogP contribution in [0, 0.1) is 46.3 Å². The van der Waals surface area contributed by atoms with Gasteiger partial charge in [-0.05, 0) is 98.7 Å². The molecule has 10 atom stereocenters. The summed E-state index contributed by atoms with van der Waals surface area (Å²) in [5, 5.41) is 0. The van der Waals surface area contributed by atoms with E-state index in [4.69, 9.17) is 14.2 Å². The first-order valence-corrected chi connectivity index (χ1v) is 13.9. The van der Waals surface area contributed by atoms with E-state index in [1.807, 2.05) is 0 Å². The van der Waals surface area contributed by atoms with Crippen molar-refractivity contribution in [1.82, 2.24) is 0 Å². The molecule has 4 aliphatic carbocycles. The lowest BCUT2D eigenvalue weighted by molar-refractivity contribution is -0.197. The van der Waals surface area contributed by atoms with Crippen molar-refractivity contribution >= 4 is 17.9 Å². The maximum absolute atomic E-state index is 12.3. The Hall–Kier alpha value is -1.59. The minimum atomic E-state index is -0.183. The second kappa shape index (κ2) is 10.0. The summed E-state index contributed by atoms with van der Waals surface area (Å²) in [7, 11) is 1.45. The Balaban J connectivity index is 1.58. The highest BCUT2D eigenvalue weighted by molar-refractivity contribution is 5.69. The van der Waals surface area contributed by atoms with Gasteiger partial charge in [0, 0.05) is 25.7 Å². The molecule has 0 aromatic heterocycles. The Kier molecular flexibility index (Phi) is 7.60. The first kappa shape index (κ1) is 26.5. The molecule has 0 spiro atoms. The Labute approximate surface area is 211 Å². The molecule has 6 heteroatoms. The van der Waals surface area contributed by atoms with E-state index in [9.17, 15) is 14.4 Å². The standard InChI is InChI=1S/C29H46O6/c1-17(7-12-27(32)33-6)23-10-11-24-22-9-8-20-15-21(34-18(2)30)13-14-28(20,4)25(22)16-26(29(23,24)5)35-19(3)31/h17,20-26H,7-16H2,1-6H3/t17-,20+,21+,22-,23+,24+,25-,26-,28-,29+/m0/s1. The smallest absolute Gasteiger partial charge is 0.305 e. The predicted octanol–water partition coefficient (Wildman–Crippen LogP) is 5.71. The van der Waals surface area contributed by atoms with Crippen molar-refractivity contribution in [1.29, 1.82) is 0 Å². The van der Waals surface area contributed by atoms with Gasteiger partial charge in [0.2, 0.25) is 0 Å². The van der Waals surface area contributed by atoms with Crippen LogP contribution in [0.4, 0.5) is 0 Å². The monoisotopic (exact) mass is 490 g/mol. The van der Waals surface area contributed by atoms with Gasteiger partial charge < -0.3 is 14.2 Å². The molecule has 198 valence electrons. The van der Waals surface area contributed by atoms with Gasteiger partial charge in [0.15, 0.2) is 0 Å². The summed E-state index contributed by atoms with van der Waals surface area (Å²) in [4.78, 5) is 35.7. The van der Waals surface area contributed by atoms with Gasteiger partial charge in [-0.1, -0.05) is 20.8 Å². The van der Waals surface area contributed by atoms with E-state index in [1.54, 1.807) is 6.92 Å². The first-order chi connectivity index (χ1) is 16.5. The van der Waals surface area contributed by atoms with Crippen LogP contribution in [0.1, 0.15) is 98.8 Å². The van der Waals surface area contributed by atoms with Crippen molar-refractivity contribution < 1.29 is 28.6 Å². The Morgan fingerprint density at radius 2 is 1.63 bits per heavy atom. The number of carbonyl (C=O) groups excluding carboxylic acids is 3. The third-order valence-electron chi connectivity index (χ3n) is 11.1. The molecule has 0 amide bonds. The summed E-state index contributed by atoms with van der Waals surface area (Å²) >= 11 is 0. The number of carbonyl (C=O) groups is 3. The Bertz CT molecular complexity index is 824. The summed E-state index contributed by atoms with van der Waals surface area (Å²) in [5.41, 5.74) is 0.147. The van der Waals surface area contributed by atoms with E-state index < -0.39 is 0 Å². The van der Waals surface area contributed by atoms with Crippen LogP contribution in [-0.2, 0) is 28.6 Å². The Morgan fingerprint density at radius 1 is 0.914 bits per heavy atom. The van der Waals surface area contributed by atoms with Crippen molar-refractivity contribution in [3.05, 3.63) is 0 Å². The van der Waals surface area contributed by atoms with Crippen molar-refractivity contribution in [2.45, 2.75) is 111 Å². The highest BCUT2D eigenvalue weighted by Crippen LogP contribution is 2.69. The Morgan fingerprint density at radius 3 is 2.29 bits per heavy atom. The van der Waals surface area contributed by atoms with Gasteiger partial charge in [-0.2, -0.15) is 0 Å². The van der Waals surface area contributed by atoms with Crippen molar-refractivity contribution in [3.8, 4) is 0 Å². The van der Waals surface area contributed by atoms with Gasteiger partial charge in [-0.25, -0.2) is 0 Å². The molecule has 0 aromatic rings. The van der Waals surface area contributed by atoms with E-state index in [1.165, 1.54) is 33.3 Å². The van der Waals surface area contributed by atoms with Crippen LogP contribution in [0.3, 0.4) is 0 Å². The van der Waals surface area contributed by atoms with E-state index in [-0.39, 0.29) is 40.9 Å². The van der Waals surface area contributed by atoms with Gasteiger partial charge in [-0.3, -0.25) is 14.4 Å². The number of ether oxygens (including phenoxy) is 3. The number of hydrogen-bond donors (Lipinski definition) is 0. The number of fused-ring (bicyclic) bond motifs is 5. The van der Waals surface area contributed by atoms with Crippen molar-refractivity contribution in [2.75, 3.05) is 7.11 Å². The molecule has 0 aromatic carbocycles. The second-order valence-corrected chi connectivity index (χ2v) is 12.6. The summed E-state index contributed by atoms with van der Waals surface area (Å²) in [5.74, 6) is 2.60. The first-order valence-electron chi connectivity index (χ1n) is 13.9. The van der Waals surface area contributed by atoms with Crippen LogP contribution in [-0.4, -0.2) is 37.2 Å². The highest BCUT2D eigenvalue weighted by atomic mass is 16.5. The molecule has 0 saturated heterocycles. The van der Waals surface area contributed by atoms with Crippen LogP contribution in [0.2, 0.25) is 0 Å². The van der Waals surface area contributed by atoms with Gasteiger partial charge in [0.1, 0.15) is 12.2 Å². The third-order valence-corrected chi connectivity index (χ3v) is 11.1. The van der Waals surface area contributed by atoms with Crippen LogP contribution < -0.4 is 0 Å². The molecule has 6 nitrogen and oxygen atoms in total. The molecule has 0 radical (unpaired) electrons. The maximum atomic E-state index is 12.3. The lowest BCUT2D eigenvalue weighted by Crippen LogP contribution is -2.59. The number of hydrogen-bond acceptors (Lipinski definition) is 6. The number of methoxy groups -OCH3 is 1.